The lowest BCUT2D eigenvalue weighted by Crippen LogP contribution is -2.30. The first-order chi connectivity index (χ1) is 7.80. The summed E-state index contributed by atoms with van der Waals surface area (Å²) in [6.07, 6.45) is 4.10. The van der Waals surface area contributed by atoms with Crippen molar-refractivity contribution in [2.24, 2.45) is 11.3 Å². The zero-order chi connectivity index (χ0) is 13.1. The fourth-order valence-electron chi connectivity index (χ4n) is 1.47. The van der Waals surface area contributed by atoms with Crippen molar-refractivity contribution in [1.82, 2.24) is 15.5 Å². The number of carbonyl (C=O) groups excluding carboxylic acids is 1. The fourth-order valence-corrected chi connectivity index (χ4v) is 1.47. The average molecular weight is 237 g/mol. The van der Waals surface area contributed by atoms with E-state index in [0.29, 0.717) is 12.3 Å². The number of amides is 1. The van der Waals surface area contributed by atoms with E-state index in [1.54, 1.807) is 12.4 Å². The first-order valence-corrected chi connectivity index (χ1v) is 6.08. The minimum Gasteiger partial charge on any atom is -0.349 e. The highest BCUT2D eigenvalue weighted by Gasteiger charge is 2.23. The third-order valence-corrected chi connectivity index (χ3v) is 3.37. The Balaban J connectivity index is 2.45. The Labute approximate surface area is 103 Å². The second-order valence-corrected chi connectivity index (χ2v) is 5.79. The van der Waals surface area contributed by atoms with Gasteiger partial charge in [0.15, 0.2) is 0 Å². The lowest BCUT2D eigenvalue weighted by atomic mass is 9.80. The largest absolute Gasteiger partial charge is 0.349 e. The summed E-state index contributed by atoms with van der Waals surface area (Å²) >= 11 is 0. The average Bonchev–Trinajstić information content (AvgIpc) is 2.68. The molecule has 2 N–H and O–H groups in total. The number of H-pyrrole nitrogens is 1. The molecule has 0 aliphatic heterocycles. The van der Waals surface area contributed by atoms with Gasteiger partial charge in [-0.15, -0.1) is 0 Å². The van der Waals surface area contributed by atoms with Crippen LogP contribution in [0.15, 0.2) is 12.4 Å². The van der Waals surface area contributed by atoms with E-state index in [4.69, 9.17) is 0 Å². The SMILES string of the molecule is CC(NC(=O)CC(C)C(C)(C)C)c1cn[nH]c1. The number of nitrogens with zero attached hydrogens (tertiary/aromatic N) is 1. The van der Waals surface area contributed by atoms with Gasteiger partial charge >= 0.3 is 0 Å². The van der Waals surface area contributed by atoms with Crippen LogP contribution in [0, 0.1) is 11.3 Å². The van der Waals surface area contributed by atoms with Crippen LogP contribution in [0.25, 0.3) is 0 Å². The molecule has 2 atom stereocenters. The van der Waals surface area contributed by atoms with Crippen molar-refractivity contribution in [2.75, 3.05) is 0 Å². The molecule has 1 amide bonds. The molecule has 0 aromatic carbocycles. The minimum absolute atomic E-state index is 0.00779. The van der Waals surface area contributed by atoms with Gasteiger partial charge < -0.3 is 5.32 Å². The van der Waals surface area contributed by atoms with E-state index in [-0.39, 0.29) is 17.4 Å². The van der Waals surface area contributed by atoms with E-state index >= 15 is 0 Å². The fraction of sp³-hybridized carbons (Fsp3) is 0.692. The maximum atomic E-state index is 11.9. The Morgan fingerprint density at radius 3 is 2.59 bits per heavy atom. The molecule has 2 unspecified atom stereocenters. The van der Waals surface area contributed by atoms with Crippen LogP contribution in [0.2, 0.25) is 0 Å². The van der Waals surface area contributed by atoms with Gasteiger partial charge in [-0.05, 0) is 18.3 Å². The Kier molecular flexibility index (Phi) is 4.32. The Hall–Kier alpha value is -1.32. The maximum Gasteiger partial charge on any atom is 0.220 e. The molecular formula is C13H23N3O. The highest BCUT2D eigenvalue weighted by Crippen LogP contribution is 2.28. The molecule has 0 aliphatic rings. The van der Waals surface area contributed by atoms with E-state index in [9.17, 15) is 4.79 Å². The van der Waals surface area contributed by atoms with Crippen molar-refractivity contribution in [3.05, 3.63) is 18.0 Å². The normalized spacial score (nSPS) is 15.4. The van der Waals surface area contributed by atoms with Gasteiger partial charge in [0.05, 0.1) is 12.2 Å². The van der Waals surface area contributed by atoms with Crippen LogP contribution in [0.5, 0.6) is 0 Å². The zero-order valence-corrected chi connectivity index (χ0v) is 11.4. The summed E-state index contributed by atoms with van der Waals surface area (Å²) in [5, 5.41) is 9.61. The monoisotopic (exact) mass is 237 g/mol. The molecule has 1 heterocycles. The second-order valence-electron chi connectivity index (χ2n) is 5.79. The van der Waals surface area contributed by atoms with E-state index in [1.165, 1.54) is 0 Å². The number of hydrogen-bond donors (Lipinski definition) is 2. The van der Waals surface area contributed by atoms with E-state index in [0.717, 1.165) is 5.56 Å². The van der Waals surface area contributed by atoms with Crippen LogP contribution in [0.4, 0.5) is 0 Å². The molecule has 0 fully saturated rings. The predicted octanol–water partition coefficient (Wildman–Crippen LogP) is 2.66. The molecule has 0 radical (unpaired) electrons. The van der Waals surface area contributed by atoms with Gasteiger partial charge in [-0.2, -0.15) is 5.10 Å². The third kappa shape index (κ3) is 4.21. The second kappa shape index (κ2) is 5.34. The molecule has 0 bridgehead atoms. The number of aromatic nitrogens is 2. The molecule has 0 saturated heterocycles. The van der Waals surface area contributed by atoms with Crippen LogP contribution in [0.3, 0.4) is 0 Å². The van der Waals surface area contributed by atoms with Gasteiger partial charge in [0.25, 0.3) is 0 Å². The number of hydrogen-bond acceptors (Lipinski definition) is 2. The zero-order valence-electron chi connectivity index (χ0n) is 11.4. The Morgan fingerprint density at radius 1 is 1.47 bits per heavy atom. The van der Waals surface area contributed by atoms with E-state index in [1.807, 2.05) is 6.92 Å². The number of aromatic amines is 1. The first kappa shape index (κ1) is 13.7. The van der Waals surface area contributed by atoms with Crippen molar-refractivity contribution in [2.45, 2.75) is 47.1 Å². The molecule has 1 rings (SSSR count). The van der Waals surface area contributed by atoms with Crippen LogP contribution in [-0.2, 0) is 4.79 Å². The molecule has 0 aliphatic carbocycles. The highest BCUT2D eigenvalue weighted by molar-refractivity contribution is 5.76. The molecule has 0 saturated carbocycles. The number of rotatable bonds is 4. The lowest BCUT2D eigenvalue weighted by Gasteiger charge is -2.27. The van der Waals surface area contributed by atoms with Crippen molar-refractivity contribution in [1.29, 1.82) is 0 Å². The first-order valence-electron chi connectivity index (χ1n) is 6.08. The van der Waals surface area contributed by atoms with Gasteiger partial charge in [-0.1, -0.05) is 27.7 Å². The van der Waals surface area contributed by atoms with E-state index in [2.05, 4.69) is 43.2 Å². The molecular weight excluding hydrogens is 214 g/mol. The smallest absolute Gasteiger partial charge is 0.220 e. The minimum atomic E-state index is 0.00779. The van der Waals surface area contributed by atoms with Gasteiger partial charge in [-0.25, -0.2) is 0 Å². The van der Waals surface area contributed by atoms with Crippen LogP contribution in [0.1, 0.15) is 52.6 Å². The summed E-state index contributed by atoms with van der Waals surface area (Å²) in [4.78, 5) is 11.9. The summed E-state index contributed by atoms with van der Waals surface area (Å²) < 4.78 is 0. The molecule has 96 valence electrons. The summed E-state index contributed by atoms with van der Waals surface area (Å²) in [5.74, 6) is 0.458. The van der Waals surface area contributed by atoms with Crippen LogP contribution < -0.4 is 5.32 Å². The molecule has 4 nitrogen and oxygen atoms in total. The molecule has 0 spiro atoms. The summed E-state index contributed by atoms with van der Waals surface area (Å²) in [6, 6.07) is 0.00779. The molecule has 4 heteroatoms. The highest BCUT2D eigenvalue weighted by atomic mass is 16.1. The van der Waals surface area contributed by atoms with Gasteiger partial charge in [0.1, 0.15) is 0 Å². The van der Waals surface area contributed by atoms with Gasteiger partial charge in [0, 0.05) is 18.2 Å². The topological polar surface area (TPSA) is 57.8 Å². The third-order valence-electron chi connectivity index (χ3n) is 3.37. The van der Waals surface area contributed by atoms with Crippen molar-refractivity contribution >= 4 is 5.91 Å². The Morgan fingerprint density at radius 2 is 2.12 bits per heavy atom. The number of carbonyl (C=O) groups is 1. The van der Waals surface area contributed by atoms with Crippen molar-refractivity contribution in [3.8, 4) is 0 Å². The summed E-state index contributed by atoms with van der Waals surface area (Å²) in [7, 11) is 0. The lowest BCUT2D eigenvalue weighted by molar-refractivity contribution is -0.123. The Bertz CT molecular complexity index is 351. The van der Waals surface area contributed by atoms with E-state index < -0.39 is 0 Å². The van der Waals surface area contributed by atoms with Gasteiger partial charge in [0.2, 0.25) is 5.91 Å². The van der Waals surface area contributed by atoms with Crippen LogP contribution >= 0.6 is 0 Å². The molecule has 1 aromatic rings. The van der Waals surface area contributed by atoms with Crippen molar-refractivity contribution < 1.29 is 4.79 Å². The van der Waals surface area contributed by atoms with Crippen molar-refractivity contribution in [3.63, 3.8) is 0 Å². The maximum absolute atomic E-state index is 11.9. The summed E-state index contributed by atoms with van der Waals surface area (Å²) in [6.45, 7) is 10.5. The predicted molar refractivity (Wildman–Crippen MR) is 68.4 cm³/mol. The molecule has 17 heavy (non-hydrogen) atoms. The molecule has 1 aromatic heterocycles. The standard InChI is InChI=1S/C13H23N3O/c1-9(13(3,4)5)6-12(17)16-10(2)11-7-14-15-8-11/h7-10H,6H2,1-5H3,(H,14,15)(H,16,17). The quantitative estimate of drug-likeness (QED) is 0.845. The number of nitrogens with one attached hydrogen (secondary N) is 2. The van der Waals surface area contributed by atoms with Crippen LogP contribution in [-0.4, -0.2) is 16.1 Å². The van der Waals surface area contributed by atoms with Gasteiger partial charge in [-0.3, -0.25) is 9.89 Å². The summed E-state index contributed by atoms with van der Waals surface area (Å²) in [5.41, 5.74) is 1.16.